The van der Waals surface area contributed by atoms with Crippen molar-refractivity contribution >= 4 is 11.9 Å². The van der Waals surface area contributed by atoms with Gasteiger partial charge in [-0.2, -0.15) is 0 Å². The van der Waals surface area contributed by atoms with E-state index in [0.29, 0.717) is 18.7 Å². The summed E-state index contributed by atoms with van der Waals surface area (Å²) in [5.41, 5.74) is 1.55. The number of carbonyl (C=O) groups excluding carboxylic acids is 1. The molecule has 1 amide bonds. The van der Waals surface area contributed by atoms with Crippen LogP contribution in [-0.4, -0.2) is 35.5 Å². The van der Waals surface area contributed by atoms with Crippen LogP contribution >= 0.6 is 0 Å². The van der Waals surface area contributed by atoms with Crippen molar-refractivity contribution in [2.24, 2.45) is 0 Å². The van der Waals surface area contributed by atoms with E-state index < -0.39 is 12.0 Å². The molecule has 0 aliphatic heterocycles. The summed E-state index contributed by atoms with van der Waals surface area (Å²) in [4.78, 5) is 24.2. The predicted molar refractivity (Wildman–Crippen MR) is 70.6 cm³/mol. The minimum absolute atomic E-state index is 0.254. The molecule has 104 valence electrons. The van der Waals surface area contributed by atoms with Gasteiger partial charge in [-0.3, -0.25) is 4.79 Å². The molecule has 0 fully saturated rings. The Bertz CT molecular complexity index is 441. The fraction of sp³-hybridized carbons (Fsp3) is 0.429. The summed E-state index contributed by atoms with van der Waals surface area (Å²) in [5, 5.41) is 9.33. The summed E-state index contributed by atoms with van der Waals surface area (Å²) < 4.78 is 5.00. The number of amides is 1. The molecule has 1 atom stereocenters. The summed E-state index contributed by atoms with van der Waals surface area (Å²) in [6.07, 6.45) is 0. The molecule has 0 radical (unpaired) electrons. The fourth-order valence-electron chi connectivity index (χ4n) is 2.01. The van der Waals surface area contributed by atoms with Crippen LogP contribution in [0.15, 0.2) is 24.3 Å². The van der Waals surface area contributed by atoms with Gasteiger partial charge in [-0.1, -0.05) is 24.3 Å². The highest BCUT2D eigenvalue weighted by Gasteiger charge is 2.28. The first-order valence-corrected chi connectivity index (χ1v) is 6.09. The molecule has 0 aliphatic carbocycles. The monoisotopic (exact) mass is 265 g/mol. The molecular weight excluding hydrogens is 246 g/mol. The summed E-state index contributed by atoms with van der Waals surface area (Å²) in [5.74, 6) is -1.28. The van der Waals surface area contributed by atoms with Gasteiger partial charge in [0.15, 0.2) is 6.04 Å². The number of likely N-dealkylation sites (N-methyl/N-ethyl adjacent to an activating group) is 1. The highest BCUT2D eigenvalue weighted by atomic mass is 16.5. The van der Waals surface area contributed by atoms with Crippen LogP contribution < -0.4 is 0 Å². The van der Waals surface area contributed by atoms with E-state index >= 15 is 0 Å². The van der Waals surface area contributed by atoms with Crippen molar-refractivity contribution in [3.8, 4) is 0 Å². The quantitative estimate of drug-likeness (QED) is 0.852. The Hall–Kier alpha value is -1.88. The molecule has 0 saturated carbocycles. The lowest BCUT2D eigenvalue weighted by molar-refractivity contribution is -0.149. The van der Waals surface area contributed by atoms with E-state index in [1.165, 1.54) is 11.8 Å². The minimum Gasteiger partial charge on any atom is -0.479 e. The summed E-state index contributed by atoms with van der Waals surface area (Å²) in [6, 6.07) is 6.11. The molecule has 19 heavy (non-hydrogen) atoms. The maximum atomic E-state index is 11.5. The maximum Gasteiger partial charge on any atom is 0.331 e. The number of aliphatic carboxylic acids is 1. The Balaban J connectivity index is 3.05. The summed E-state index contributed by atoms with van der Waals surface area (Å²) >= 11 is 0. The van der Waals surface area contributed by atoms with Gasteiger partial charge in [0.2, 0.25) is 5.91 Å². The minimum atomic E-state index is -1.03. The Morgan fingerprint density at radius 3 is 2.26 bits per heavy atom. The first kappa shape index (κ1) is 15.2. The largest absolute Gasteiger partial charge is 0.479 e. The number of carboxylic acid groups (broad SMARTS) is 1. The third-order valence-electron chi connectivity index (χ3n) is 2.90. The van der Waals surface area contributed by atoms with E-state index in [1.54, 1.807) is 26.2 Å². The molecule has 0 saturated heterocycles. The molecule has 5 heteroatoms. The summed E-state index contributed by atoms with van der Waals surface area (Å²) in [6.45, 7) is 3.96. The molecule has 0 aliphatic rings. The second-order valence-corrected chi connectivity index (χ2v) is 4.22. The lowest BCUT2D eigenvalue weighted by Crippen LogP contribution is -2.37. The molecular formula is C14H19NO4. The van der Waals surface area contributed by atoms with Gasteiger partial charge in [-0.25, -0.2) is 4.79 Å². The lowest BCUT2D eigenvalue weighted by Gasteiger charge is -2.27. The van der Waals surface area contributed by atoms with E-state index in [4.69, 9.17) is 4.74 Å². The number of nitrogens with zero attached hydrogens (tertiary/aromatic N) is 1. The van der Waals surface area contributed by atoms with Gasteiger partial charge in [-0.05, 0) is 18.1 Å². The fourth-order valence-corrected chi connectivity index (χ4v) is 2.01. The van der Waals surface area contributed by atoms with Crippen molar-refractivity contribution in [3.05, 3.63) is 35.4 Å². The third kappa shape index (κ3) is 3.79. The number of methoxy groups -OCH3 is 1. The summed E-state index contributed by atoms with van der Waals surface area (Å²) in [7, 11) is 1.60. The molecule has 5 nitrogen and oxygen atoms in total. The van der Waals surface area contributed by atoms with Crippen molar-refractivity contribution in [1.82, 2.24) is 4.90 Å². The average Bonchev–Trinajstić information content (AvgIpc) is 2.36. The Morgan fingerprint density at radius 1 is 1.32 bits per heavy atom. The highest BCUT2D eigenvalue weighted by Crippen LogP contribution is 2.22. The number of hydrogen-bond acceptors (Lipinski definition) is 3. The van der Waals surface area contributed by atoms with E-state index in [1.807, 2.05) is 12.1 Å². The van der Waals surface area contributed by atoms with Crippen LogP contribution in [0.3, 0.4) is 0 Å². The third-order valence-corrected chi connectivity index (χ3v) is 2.90. The van der Waals surface area contributed by atoms with Crippen LogP contribution in [0.5, 0.6) is 0 Å². The zero-order valence-electron chi connectivity index (χ0n) is 11.4. The number of ether oxygens (including phenoxy) is 1. The number of benzene rings is 1. The standard InChI is InChI=1S/C14H19NO4/c1-4-15(10(2)16)13(14(17)18)12-7-5-11(6-8-12)9-19-3/h5-8,13H,4,9H2,1-3H3,(H,17,18). The number of carbonyl (C=O) groups is 2. The first-order chi connectivity index (χ1) is 9.01. The molecule has 1 N–H and O–H groups in total. The molecule has 1 rings (SSSR count). The SMILES string of the molecule is CCN(C(C)=O)C(C(=O)O)c1ccc(COC)cc1. The van der Waals surface area contributed by atoms with Crippen molar-refractivity contribution in [2.75, 3.05) is 13.7 Å². The predicted octanol–water partition coefficient (Wildman–Crippen LogP) is 1.83. The van der Waals surface area contributed by atoms with Gasteiger partial charge >= 0.3 is 5.97 Å². The van der Waals surface area contributed by atoms with Gasteiger partial charge in [0.05, 0.1) is 6.61 Å². The van der Waals surface area contributed by atoms with Gasteiger partial charge in [-0.15, -0.1) is 0 Å². The maximum absolute atomic E-state index is 11.5. The second kappa shape index (κ2) is 6.89. The van der Waals surface area contributed by atoms with Crippen LogP contribution in [-0.2, 0) is 20.9 Å². The van der Waals surface area contributed by atoms with E-state index in [2.05, 4.69) is 0 Å². The lowest BCUT2D eigenvalue weighted by atomic mass is 10.0. The average molecular weight is 265 g/mol. The number of rotatable bonds is 6. The smallest absolute Gasteiger partial charge is 0.331 e. The van der Waals surface area contributed by atoms with Crippen molar-refractivity contribution in [2.45, 2.75) is 26.5 Å². The number of carboxylic acids is 1. The van der Waals surface area contributed by atoms with Crippen molar-refractivity contribution in [1.29, 1.82) is 0 Å². The topological polar surface area (TPSA) is 66.8 Å². The van der Waals surface area contributed by atoms with Gasteiger partial charge < -0.3 is 14.7 Å². The molecule has 1 aromatic rings. The van der Waals surface area contributed by atoms with Gasteiger partial charge in [0.25, 0.3) is 0 Å². The van der Waals surface area contributed by atoms with E-state index in [-0.39, 0.29) is 5.91 Å². The number of hydrogen-bond donors (Lipinski definition) is 1. The Labute approximate surface area is 112 Å². The Kier molecular flexibility index (Phi) is 5.51. The second-order valence-electron chi connectivity index (χ2n) is 4.22. The zero-order chi connectivity index (χ0) is 14.4. The molecule has 1 aromatic carbocycles. The molecule has 0 aromatic heterocycles. The van der Waals surface area contributed by atoms with E-state index in [9.17, 15) is 14.7 Å². The van der Waals surface area contributed by atoms with Crippen LogP contribution in [0.25, 0.3) is 0 Å². The van der Waals surface area contributed by atoms with Crippen molar-refractivity contribution < 1.29 is 19.4 Å². The molecule has 1 unspecified atom stereocenters. The van der Waals surface area contributed by atoms with Gasteiger partial charge in [0.1, 0.15) is 0 Å². The van der Waals surface area contributed by atoms with Crippen LogP contribution in [0.2, 0.25) is 0 Å². The first-order valence-electron chi connectivity index (χ1n) is 6.09. The zero-order valence-corrected chi connectivity index (χ0v) is 11.4. The van der Waals surface area contributed by atoms with Crippen LogP contribution in [0.4, 0.5) is 0 Å². The van der Waals surface area contributed by atoms with Crippen molar-refractivity contribution in [3.63, 3.8) is 0 Å². The highest BCUT2D eigenvalue weighted by molar-refractivity contribution is 5.83. The van der Waals surface area contributed by atoms with Gasteiger partial charge in [0, 0.05) is 20.6 Å². The molecule has 0 spiro atoms. The van der Waals surface area contributed by atoms with E-state index in [0.717, 1.165) is 5.56 Å². The Morgan fingerprint density at radius 2 is 1.89 bits per heavy atom. The molecule has 0 bridgehead atoms. The normalized spacial score (nSPS) is 11.9. The van der Waals surface area contributed by atoms with Crippen LogP contribution in [0, 0.1) is 0 Å². The molecule has 0 heterocycles. The van der Waals surface area contributed by atoms with Crippen LogP contribution in [0.1, 0.15) is 31.0 Å².